The summed E-state index contributed by atoms with van der Waals surface area (Å²) in [4.78, 5) is 11.2. The number of carboxylic acid groups (broad SMARTS) is 1. The second-order valence-corrected chi connectivity index (χ2v) is 4.29. The maximum absolute atomic E-state index is 11.2. The van der Waals surface area contributed by atoms with E-state index in [9.17, 15) is 9.90 Å². The SMILES string of the molecule is Cc1ccc(N)c(C(C(=O)O)C2CC2)c1. The topological polar surface area (TPSA) is 63.3 Å². The van der Waals surface area contributed by atoms with E-state index in [0.717, 1.165) is 24.0 Å². The third-order valence-corrected chi connectivity index (χ3v) is 2.94. The van der Waals surface area contributed by atoms with Gasteiger partial charge in [-0.05, 0) is 37.3 Å². The number of aliphatic carboxylic acids is 1. The summed E-state index contributed by atoms with van der Waals surface area (Å²) in [6.07, 6.45) is 2.01. The van der Waals surface area contributed by atoms with Gasteiger partial charge in [0.05, 0.1) is 5.92 Å². The van der Waals surface area contributed by atoms with Crippen LogP contribution in [-0.4, -0.2) is 11.1 Å². The van der Waals surface area contributed by atoms with Crippen molar-refractivity contribution in [2.45, 2.75) is 25.7 Å². The normalized spacial score (nSPS) is 17.4. The fraction of sp³-hybridized carbons (Fsp3) is 0.417. The van der Waals surface area contributed by atoms with Crippen LogP contribution in [0.5, 0.6) is 0 Å². The Morgan fingerprint density at radius 1 is 1.53 bits per heavy atom. The van der Waals surface area contributed by atoms with Crippen LogP contribution in [0.1, 0.15) is 29.9 Å². The lowest BCUT2D eigenvalue weighted by Crippen LogP contribution is -2.15. The highest BCUT2D eigenvalue weighted by molar-refractivity contribution is 5.79. The van der Waals surface area contributed by atoms with Crippen LogP contribution >= 0.6 is 0 Å². The lowest BCUT2D eigenvalue weighted by Gasteiger charge is -2.14. The molecule has 0 aromatic heterocycles. The van der Waals surface area contributed by atoms with Gasteiger partial charge >= 0.3 is 5.97 Å². The molecule has 0 heterocycles. The Morgan fingerprint density at radius 2 is 2.20 bits per heavy atom. The maximum atomic E-state index is 11.2. The predicted octanol–water partition coefficient (Wildman–Crippen LogP) is 2.16. The van der Waals surface area contributed by atoms with Crippen LogP contribution in [0.4, 0.5) is 5.69 Å². The monoisotopic (exact) mass is 205 g/mol. The zero-order valence-electron chi connectivity index (χ0n) is 8.73. The van der Waals surface area contributed by atoms with Gasteiger partial charge in [0.25, 0.3) is 0 Å². The van der Waals surface area contributed by atoms with Crippen LogP contribution < -0.4 is 5.73 Å². The Balaban J connectivity index is 2.40. The summed E-state index contributed by atoms with van der Waals surface area (Å²) in [5.74, 6) is -0.883. The van der Waals surface area contributed by atoms with E-state index in [0.29, 0.717) is 5.69 Å². The molecule has 0 bridgehead atoms. The summed E-state index contributed by atoms with van der Waals surface area (Å²) < 4.78 is 0. The van der Waals surface area contributed by atoms with E-state index in [-0.39, 0.29) is 5.92 Å². The molecule has 1 aliphatic rings. The average molecular weight is 205 g/mol. The van der Waals surface area contributed by atoms with E-state index in [4.69, 9.17) is 5.73 Å². The predicted molar refractivity (Wildman–Crippen MR) is 58.7 cm³/mol. The molecular formula is C12H15NO2. The minimum atomic E-state index is -0.755. The van der Waals surface area contributed by atoms with Gasteiger partial charge in [-0.15, -0.1) is 0 Å². The number of aryl methyl sites for hydroxylation is 1. The number of carbonyl (C=O) groups is 1. The van der Waals surface area contributed by atoms with Gasteiger partial charge in [-0.1, -0.05) is 17.7 Å². The molecule has 3 nitrogen and oxygen atoms in total. The Morgan fingerprint density at radius 3 is 2.73 bits per heavy atom. The molecule has 3 heteroatoms. The highest BCUT2D eigenvalue weighted by atomic mass is 16.4. The molecule has 0 radical (unpaired) electrons. The highest BCUT2D eigenvalue weighted by Crippen LogP contribution is 2.44. The molecule has 80 valence electrons. The van der Waals surface area contributed by atoms with Crippen LogP contribution in [-0.2, 0) is 4.79 Å². The van der Waals surface area contributed by atoms with Crippen molar-refractivity contribution in [1.82, 2.24) is 0 Å². The van der Waals surface area contributed by atoms with Gasteiger partial charge < -0.3 is 10.8 Å². The van der Waals surface area contributed by atoms with Crippen LogP contribution in [0.15, 0.2) is 18.2 Å². The molecule has 1 fully saturated rings. The smallest absolute Gasteiger partial charge is 0.311 e. The summed E-state index contributed by atoms with van der Waals surface area (Å²) in [5.41, 5.74) is 8.27. The first-order valence-corrected chi connectivity index (χ1v) is 5.18. The molecule has 0 amide bonds. The molecule has 1 aromatic carbocycles. The molecule has 1 saturated carbocycles. The minimum absolute atomic E-state index is 0.284. The summed E-state index contributed by atoms with van der Waals surface area (Å²) in [6.45, 7) is 1.95. The average Bonchev–Trinajstić information content (AvgIpc) is 2.95. The number of hydrogen-bond donors (Lipinski definition) is 2. The summed E-state index contributed by atoms with van der Waals surface area (Å²) >= 11 is 0. The van der Waals surface area contributed by atoms with E-state index in [2.05, 4.69) is 0 Å². The number of benzene rings is 1. The lowest BCUT2D eigenvalue weighted by atomic mass is 9.92. The molecular weight excluding hydrogens is 190 g/mol. The first kappa shape index (κ1) is 10.0. The second-order valence-electron chi connectivity index (χ2n) is 4.29. The van der Waals surface area contributed by atoms with E-state index in [1.165, 1.54) is 0 Å². The van der Waals surface area contributed by atoms with Crippen molar-refractivity contribution in [3.8, 4) is 0 Å². The molecule has 15 heavy (non-hydrogen) atoms. The van der Waals surface area contributed by atoms with E-state index >= 15 is 0 Å². The van der Waals surface area contributed by atoms with E-state index < -0.39 is 11.9 Å². The third kappa shape index (κ3) is 1.96. The quantitative estimate of drug-likeness (QED) is 0.743. The summed E-state index contributed by atoms with van der Waals surface area (Å²) in [5, 5.41) is 9.20. The molecule has 1 atom stereocenters. The van der Waals surface area contributed by atoms with Crippen molar-refractivity contribution in [3.63, 3.8) is 0 Å². The fourth-order valence-corrected chi connectivity index (χ4v) is 1.98. The van der Waals surface area contributed by atoms with Crippen molar-refractivity contribution in [2.75, 3.05) is 5.73 Å². The molecule has 0 spiro atoms. The molecule has 3 N–H and O–H groups in total. The largest absolute Gasteiger partial charge is 0.481 e. The van der Waals surface area contributed by atoms with Crippen molar-refractivity contribution >= 4 is 11.7 Å². The fourth-order valence-electron chi connectivity index (χ4n) is 1.98. The minimum Gasteiger partial charge on any atom is -0.481 e. The van der Waals surface area contributed by atoms with Crippen molar-refractivity contribution in [1.29, 1.82) is 0 Å². The van der Waals surface area contributed by atoms with Crippen LogP contribution in [0, 0.1) is 12.8 Å². The maximum Gasteiger partial charge on any atom is 0.311 e. The van der Waals surface area contributed by atoms with Crippen molar-refractivity contribution in [2.24, 2.45) is 5.92 Å². The molecule has 0 saturated heterocycles. The lowest BCUT2D eigenvalue weighted by molar-refractivity contribution is -0.139. The van der Waals surface area contributed by atoms with Gasteiger partial charge in [0.1, 0.15) is 0 Å². The first-order chi connectivity index (χ1) is 7.09. The second kappa shape index (κ2) is 3.57. The van der Waals surface area contributed by atoms with E-state index in [1.807, 2.05) is 19.1 Å². The number of anilines is 1. The van der Waals surface area contributed by atoms with Gasteiger partial charge in [-0.25, -0.2) is 0 Å². The van der Waals surface area contributed by atoms with Gasteiger partial charge in [-0.2, -0.15) is 0 Å². The van der Waals surface area contributed by atoms with Crippen molar-refractivity contribution < 1.29 is 9.90 Å². The van der Waals surface area contributed by atoms with Crippen molar-refractivity contribution in [3.05, 3.63) is 29.3 Å². The number of carboxylic acids is 1. The van der Waals surface area contributed by atoms with Crippen LogP contribution in [0.25, 0.3) is 0 Å². The van der Waals surface area contributed by atoms with Gasteiger partial charge in [0.15, 0.2) is 0 Å². The molecule has 1 aromatic rings. The molecule has 0 aliphatic heterocycles. The highest BCUT2D eigenvalue weighted by Gasteiger charge is 2.38. The number of hydrogen-bond acceptors (Lipinski definition) is 2. The Hall–Kier alpha value is -1.51. The third-order valence-electron chi connectivity index (χ3n) is 2.94. The zero-order valence-corrected chi connectivity index (χ0v) is 8.73. The van der Waals surface area contributed by atoms with Gasteiger partial charge in [-0.3, -0.25) is 4.79 Å². The Kier molecular flexibility index (Phi) is 2.39. The molecule has 1 unspecified atom stereocenters. The number of nitrogen functional groups attached to an aromatic ring is 1. The molecule has 1 aliphatic carbocycles. The summed E-state index contributed by atoms with van der Waals surface area (Å²) in [6, 6.07) is 5.60. The Labute approximate surface area is 88.9 Å². The van der Waals surface area contributed by atoms with Crippen LogP contribution in [0.3, 0.4) is 0 Å². The van der Waals surface area contributed by atoms with Gasteiger partial charge in [0, 0.05) is 5.69 Å². The Bertz CT molecular complexity index is 397. The van der Waals surface area contributed by atoms with E-state index in [1.54, 1.807) is 6.07 Å². The standard InChI is InChI=1S/C12H15NO2/c1-7-2-5-10(13)9(6-7)11(12(14)15)8-3-4-8/h2,5-6,8,11H,3-4,13H2,1H3,(H,14,15). The number of rotatable bonds is 3. The first-order valence-electron chi connectivity index (χ1n) is 5.18. The van der Waals surface area contributed by atoms with Gasteiger partial charge in [0.2, 0.25) is 0 Å². The molecule has 2 rings (SSSR count). The summed E-state index contributed by atoms with van der Waals surface area (Å²) in [7, 11) is 0. The van der Waals surface area contributed by atoms with Crippen LogP contribution in [0.2, 0.25) is 0 Å². The zero-order chi connectivity index (χ0) is 11.0. The number of nitrogens with two attached hydrogens (primary N) is 1.